The number of nitrogens with one attached hydrogen (secondary N) is 1. The zero-order valence-corrected chi connectivity index (χ0v) is 18.0. The molecule has 0 saturated carbocycles. The van der Waals surface area contributed by atoms with Crippen LogP contribution in [0, 0.1) is 0 Å². The maximum Gasteiger partial charge on any atom is 0.253 e. The van der Waals surface area contributed by atoms with Gasteiger partial charge < -0.3 is 19.5 Å². The van der Waals surface area contributed by atoms with Crippen molar-refractivity contribution in [2.75, 3.05) is 32.7 Å². The number of benzene rings is 1. The molecular weight excluding hydrogens is 394 g/mol. The van der Waals surface area contributed by atoms with Gasteiger partial charge in [0.2, 0.25) is 11.8 Å². The molecule has 1 N–H and O–H groups in total. The fourth-order valence-electron chi connectivity index (χ4n) is 3.41. The number of furan rings is 1. The van der Waals surface area contributed by atoms with Crippen molar-refractivity contribution in [3.8, 4) is 0 Å². The molecule has 1 aliphatic heterocycles. The first-order valence-electron chi connectivity index (χ1n) is 10.6. The third kappa shape index (κ3) is 6.31. The predicted octanol–water partition coefficient (Wildman–Crippen LogP) is 2.91. The van der Waals surface area contributed by atoms with Crippen molar-refractivity contribution in [2.45, 2.75) is 26.2 Å². The van der Waals surface area contributed by atoms with Crippen LogP contribution in [0.25, 0.3) is 6.08 Å². The van der Waals surface area contributed by atoms with Gasteiger partial charge in [-0.1, -0.05) is 26.0 Å². The Morgan fingerprint density at radius 2 is 1.71 bits per heavy atom. The van der Waals surface area contributed by atoms with Gasteiger partial charge >= 0.3 is 0 Å². The van der Waals surface area contributed by atoms with Crippen molar-refractivity contribution in [2.24, 2.45) is 0 Å². The summed E-state index contributed by atoms with van der Waals surface area (Å²) in [5, 5.41) is 2.70. The molecule has 1 aliphatic rings. The lowest BCUT2D eigenvalue weighted by Gasteiger charge is -2.35. The first-order valence-corrected chi connectivity index (χ1v) is 10.6. The molecule has 7 nitrogen and oxygen atoms in total. The third-order valence-corrected chi connectivity index (χ3v) is 5.32. The number of amides is 3. The number of nitrogens with zero attached hydrogens (tertiary/aromatic N) is 2. The molecule has 2 aromatic rings. The van der Waals surface area contributed by atoms with Gasteiger partial charge in [-0.05, 0) is 41.8 Å². The second-order valence-corrected chi connectivity index (χ2v) is 7.84. The highest BCUT2D eigenvalue weighted by Gasteiger charge is 2.24. The highest BCUT2D eigenvalue weighted by molar-refractivity contribution is 5.94. The van der Waals surface area contributed by atoms with Gasteiger partial charge in [0.05, 0.1) is 6.26 Å². The topological polar surface area (TPSA) is 82.9 Å². The van der Waals surface area contributed by atoms with Crippen LogP contribution in [0.4, 0.5) is 0 Å². The Balaban J connectivity index is 1.39. The Bertz CT molecular complexity index is 909. The smallest absolute Gasteiger partial charge is 0.253 e. The van der Waals surface area contributed by atoms with Crippen LogP contribution in [0.3, 0.4) is 0 Å². The van der Waals surface area contributed by atoms with Gasteiger partial charge in [0.1, 0.15) is 5.76 Å². The van der Waals surface area contributed by atoms with E-state index in [4.69, 9.17) is 4.42 Å². The van der Waals surface area contributed by atoms with Crippen LogP contribution in [0.2, 0.25) is 0 Å². The van der Waals surface area contributed by atoms with E-state index in [1.165, 1.54) is 17.9 Å². The van der Waals surface area contributed by atoms with Crippen LogP contribution < -0.4 is 5.32 Å². The Labute approximate surface area is 182 Å². The zero-order chi connectivity index (χ0) is 22.2. The van der Waals surface area contributed by atoms with E-state index < -0.39 is 0 Å². The van der Waals surface area contributed by atoms with Crippen molar-refractivity contribution in [3.63, 3.8) is 0 Å². The van der Waals surface area contributed by atoms with Crippen LogP contribution in [0.15, 0.2) is 53.2 Å². The average molecular weight is 424 g/mol. The number of hydrogen-bond donors (Lipinski definition) is 1. The third-order valence-electron chi connectivity index (χ3n) is 5.32. The molecule has 1 saturated heterocycles. The minimum atomic E-state index is -0.275. The fourth-order valence-corrected chi connectivity index (χ4v) is 3.41. The second kappa shape index (κ2) is 10.6. The van der Waals surface area contributed by atoms with E-state index in [0.717, 1.165) is 0 Å². The summed E-state index contributed by atoms with van der Waals surface area (Å²) in [6.45, 7) is 6.53. The summed E-state index contributed by atoms with van der Waals surface area (Å²) in [6, 6.07) is 11.2. The van der Waals surface area contributed by atoms with E-state index >= 15 is 0 Å². The van der Waals surface area contributed by atoms with Gasteiger partial charge in [-0.2, -0.15) is 0 Å². The van der Waals surface area contributed by atoms with Crippen LogP contribution in [-0.2, 0) is 9.59 Å². The summed E-state index contributed by atoms with van der Waals surface area (Å²) >= 11 is 0. The van der Waals surface area contributed by atoms with E-state index in [2.05, 4.69) is 19.2 Å². The molecule has 0 atom stereocenters. The Kier molecular flexibility index (Phi) is 7.65. The van der Waals surface area contributed by atoms with Gasteiger partial charge in [-0.15, -0.1) is 0 Å². The minimum absolute atomic E-state index is 0.00184. The molecule has 1 fully saturated rings. The van der Waals surface area contributed by atoms with Crippen LogP contribution in [0.5, 0.6) is 0 Å². The van der Waals surface area contributed by atoms with Crippen molar-refractivity contribution < 1.29 is 18.8 Å². The molecule has 3 amide bonds. The van der Waals surface area contributed by atoms with Gasteiger partial charge in [0, 0.05) is 50.8 Å². The summed E-state index contributed by atoms with van der Waals surface area (Å²) in [4.78, 5) is 40.5. The Morgan fingerprint density at radius 1 is 1.03 bits per heavy atom. The quantitative estimate of drug-likeness (QED) is 0.694. The van der Waals surface area contributed by atoms with Crippen molar-refractivity contribution in [3.05, 3.63) is 65.6 Å². The molecule has 3 rings (SSSR count). The van der Waals surface area contributed by atoms with E-state index in [1.54, 1.807) is 28.0 Å². The van der Waals surface area contributed by atoms with Crippen LogP contribution in [-0.4, -0.2) is 60.2 Å². The van der Waals surface area contributed by atoms with Crippen LogP contribution in [0.1, 0.15) is 47.9 Å². The first-order chi connectivity index (χ1) is 14.9. The zero-order valence-electron chi connectivity index (χ0n) is 18.0. The molecule has 31 heavy (non-hydrogen) atoms. The molecule has 2 heterocycles. The van der Waals surface area contributed by atoms with Gasteiger partial charge in [-0.3, -0.25) is 14.4 Å². The largest absolute Gasteiger partial charge is 0.465 e. The van der Waals surface area contributed by atoms with Gasteiger partial charge in [-0.25, -0.2) is 0 Å². The SMILES string of the molecule is CC(C)c1ccc(C(=O)N2CCN(C(=O)CCNC(=O)/C=C/c3ccco3)CC2)cc1. The normalized spacial score (nSPS) is 14.3. The van der Waals surface area contributed by atoms with Crippen molar-refractivity contribution >= 4 is 23.8 Å². The summed E-state index contributed by atoms with van der Waals surface area (Å²) in [7, 11) is 0. The number of carbonyl (C=O) groups is 3. The van der Waals surface area contributed by atoms with E-state index in [-0.39, 0.29) is 30.7 Å². The first kappa shape index (κ1) is 22.3. The number of hydrogen-bond acceptors (Lipinski definition) is 4. The molecule has 7 heteroatoms. The average Bonchev–Trinajstić information content (AvgIpc) is 3.31. The lowest BCUT2D eigenvalue weighted by molar-refractivity contribution is -0.132. The lowest BCUT2D eigenvalue weighted by atomic mass is 10.0. The van der Waals surface area contributed by atoms with Crippen molar-refractivity contribution in [1.29, 1.82) is 0 Å². The summed E-state index contributed by atoms with van der Waals surface area (Å²) in [5.41, 5.74) is 1.88. The highest BCUT2D eigenvalue weighted by Crippen LogP contribution is 2.16. The van der Waals surface area contributed by atoms with E-state index in [0.29, 0.717) is 43.4 Å². The monoisotopic (exact) mass is 423 g/mol. The molecule has 164 valence electrons. The minimum Gasteiger partial charge on any atom is -0.465 e. The summed E-state index contributed by atoms with van der Waals surface area (Å²) in [5.74, 6) is 0.717. The van der Waals surface area contributed by atoms with E-state index in [9.17, 15) is 14.4 Å². The fraction of sp³-hybridized carbons (Fsp3) is 0.375. The molecule has 0 unspecified atom stereocenters. The molecule has 0 bridgehead atoms. The Morgan fingerprint density at radius 3 is 2.32 bits per heavy atom. The molecule has 0 spiro atoms. The Hall–Kier alpha value is -3.35. The summed E-state index contributed by atoms with van der Waals surface area (Å²) < 4.78 is 5.12. The van der Waals surface area contributed by atoms with Gasteiger partial charge in [0.15, 0.2) is 0 Å². The number of carbonyl (C=O) groups excluding carboxylic acids is 3. The standard InChI is InChI=1S/C24H29N3O4/c1-18(2)19-5-7-20(8-6-19)24(30)27-15-13-26(14-16-27)23(29)11-12-25-22(28)10-9-21-4-3-17-31-21/h3-10,17-18H,11-16H2,1-2H3,(H,25,28)/b10-9+. The molecule has 0 aliphatic carbocycles. The van der Waals surface area contributed by atoms with Gasteiger partial charge in [0.25, 0.3) is 5.91 Å². The molecule has 0 radical (unpaired) electrons. The highest BCUT2D eigenvalue weighted by atomic mass is 16.3. The maximum absolute atomic E-state index is 12.7. The molecule has 1 aromatic heterocycles. The van der Waals surface area contributed by atoms with Crippen LogP contribution >= 0.6 is 0 Å². The second-order valence-electron chi connectivity index (χ2n) is 7.84. The summed E-state index contributed by atoms with van der Waals surface area (Å²) in [6.07, 6.45) is 4.71. The predicted molar refractivity (Wildman–Crippen MR) is 118 cm³/mol. The van der Waals surface area contributed by atoms with E-state index in [1.807, 2.05) is 24.3 Å². The number of rotatable bonds is 7. The molecular formula is C24H29N3O4. The lowest BCUT2D eigenvalue weighted by Crippen LogP contribution is -2.51. The maximum atomic E-state index is 12.7. The molecule has 1 aromatic carbocycles. The van der Waals surface area contributed by atoms with Crippen molar-refractivity contribution in [1.82, 2.24) is 15.1 Å². The number of piperazine rings is 1.